The highest BCUT2D eigenvalue weighted by molar-refractivity contribution is 5.69. The SMILES string of the molecule is CCCCOC(=O)Cn1cc2c(c1)C(NC)CCCC2. The molecule has 1 unspecified atom stereocenters. The molecule has 0 aromatic carbocycles. The average molecular weight is 278 g/mol. The molecule has 0 amide bonds. The summed E-state index contributed by atoms with van der Waals surface area (Å²) >= 11 is 0. The molecule has 4 heteroatoms. The molecule has 1 aliphatic rings. The standard InChI is InChI=1S/C16H26N2O2/c1-3-4-9-20-16(19)12-18-10-13-7-5-6-8-15(17-2)14(13)11-18/h10-11,15,17H,3-9,12H2,1-2H3. The zero-order chi connectivity index (χ0) is 14.4. The van der Waals surface area contributed by atoms with Gasteiger partial charge in [-0.1, -0.05) is 19.8 Å². The molecular formula is C16H26N2O2. The summed E-state index contributed by atoms with van der Waals surface area (Å²) in [5.41, 5.74) is 2.73. The van der Waals surface area contributed by atoms with Crippen LogP contribution in [0.3, 0.4) is 0 Å². The normalized spacial score (nSPS) is 18.4. The molecule has 1 heterocycles. The molecular weight excluding hydrogens is 252 g/mol. The molecule has 0 radical (unpaired) electrons. The number of carbonyl (C=O) groups is 1. The summed E-state index contributed by atoms with van der Waals surface area (Å²) in [7, 11) is 2.01. The molecule has 0 spiro atoms. The molecule has 4 nitrogen and oxygen atoms in total. The van der Waals surface area contributed by atoms with E-state index in [2.05, 4.69) is 24.6 Å². The number of fused-ring (bicyclic) bond motifs is 1. The molecule has 2 rings (SSSR count). The van der Waals surface area contributed by atoms with Crippen LogP contribution in [0.15, 0.2) is 12.4 Å². The van der Waals surface area contributed by atoms with E-state index >= 15 is 0 Å². The molecule has 112 valence electrons. The number of aryl methyl sites for hydroxylation is 1. The van der Waals surface area contributed by atoms with Gasteiger partial charge in [-0.3, -0.25) is 4.79 Å². The van der Waals surface area contributed by atoms with Crippen molar-refractivity contribution in [3.05, 3.63) is 23.5 Å². The number of carbonyl (C=O) groups excluding carboxylic acids is 1. The molecule has 0 saturated heterocycles. The highest BCUT2D eigenvalue weighted by Crippen LogP contribution is 2.29. The van der Waals surface area contributed by atoms with Crippen molar-refractivity contribution >= 4 is 5.97 Å². The van der Waals surface area contributed by atoms with Gasteiger partial charge < -0.3 is 14.6 Å². The molecule has 0 bridgehead atoms. The van der Waals surface area contributed by atoms with Crippen LogP contribution >= 0.6 is 0 Å². The monoisotopic (exact) mass is 278 g/mol. The van der Waals surface area contributed by atoms with Crippen molar-refractivity contribution in [2.24, 2.45) is 0 Å². The van der Waals surface area contributed by atoms with Gasteiger partial charge >= 0.3 is 5.97 Å². The van der Waals surface area contributed by atoms with Crippen LogP contribution in [0, 0.1) is 0 Å². The maximum absolute atomic E-state index is 11.8. The summed E-state index contributed by atoms with van der Waals surface area (Å²) < 4.78 is 7.20. The van der Waals surface area contributed by atoms with E-state index in [1.54, 1.807) is 0 Å². The summed E-state index contributed by atoms with van der Waals surface area (Å²) in [6.07, 6.45) is 11.0. The quantitative estimate of drug-likeness (QED) is 0.494. The van der Waals surface area contributed by atoms with E-state index in [0.717, 1.165) is 19.3 Å². The number of nitrogens with zero attached hydrogens (tertiary/aromatic N) is 1. The molecule has 0 saturated carbocycles. The number of ether oxygens (including phenoxy) is 1. The Hall–Kier alpha value is -1.29. The van der Waals surface area contributed by atoms with E-state index in [1.165, 1.54) is 30.4 Å². The first-order valence-electron chi connectivity index (χ1n) is 7.76. The van der Waals surface area contributed by atoms with Gasteiger partial charge in [0.2, 0.25) is 0 Å². The third-order valence-corrected chi connectivity index (χ3v) is 3.98. The summed E-state index contributed by atoms with van der Waals surface area (Å²) in [6.45, 7) is 2.96. The lowest BCUT2D eigenvalue weighted by Gasteiger charge is -2.13. The van der Waals surface area contributed by atoms with Crippen LogP contribution in [-0.4, -0.2) is 24.2 Å². The topological polar surface area (TPSA) is 43.3 Å². The van der Waals surface area contributed by atoms with Crippen LogP contribution in [0.25, 0.3) is 0 Å². The number of hydrogen-bond acceptors (Lipinski definition) is 3. The first kappa shape index (κ1) is 15.1. The number of hydrogen-bond donors (Lipinski definition) is 1. The maximum atomic E-state index is 11.8. The summed E-state index contributed by atoms with van der Waals surface area (Å²) in [6, 6.07) is 0.421. The fourth-order valence-corrected chi connectivity index (χ4v) is 2.83. The van der Waals surface area contributed by atoms with Crippen molar-refractivity contribution in [3.63, 3.8) is 0 Å². The van der Waals surface area contributed by atoms with E-state index in [-0.39, 0.29) is 5.97 Å². The zero-order valence-electron chi connectivity index (χ0n) is 12.7. The fraction of sp³-hybridized carbons (Fsp3) is 0.688. The summed E-state index contributed by atoms with van der Waals surface area (Å²) in [4.78, 5) is 11.8. The van der Waals surface area contributed by atoms with E-state index in [4.69, 9.17) is 4.74 Å². The lowest BCUT2D eigenvalue weighted by Crippen LogP contribution is -2.16. The average Bonchev–Trinajstić information content (AvgIpc) is 2.72. The molecule has 1 atom stereocenters. The second-order valence-corrected chi connectivity index (χ2v) is 5.57. The minimum atomic E-state index is -0.135. The van der Waals surface area contributed by atoms with Crippen LogP contribution in [0.2, 0.25) is 0 Å². The number of nitrogens with one attached hydrogen (secondary N) is 1. The smallest absolute Gasteiger partial charge is 0.325 e. The van der Waals surface area contributed by atoms with Gasteiger partial charge in [0, 0.05) is 18.4 Å². The number of aromatic nitrogens is 1. The minimum absolute atomic E-state index is 0.135. The van der Waals surface area contributed by atoms with Crippen LogP contribution in [-0.2, 0) is 22.5 Å². The van der Waals surface area contributed by atoms with Gasteiger partial charge in [0.15, 0.2) is 0 Å². The van der Waals surface area contributed by atoms with Gasteiger partial charge in [-0.2, -0.15) is 0 Å². The Morgan fingerprint density at radius 3 is 3.05 bits per heavy atom. The molecule has 20 heavy (non-hydrogen) atoms. The highest BCUT2D eigenvalue weighted by atomic mass is 16.5. The molecule has 1 aliphatic carbocycles. The van der Waals surface area contributed by atoms with E-state index < -0.39 is 0 Å². The first-order valence-corrected chi connectivity index (χ1v) is 7.76. The number of esters is 1. The second-order valence-electron chi connectivity index (χ2n) is 5.57. The largest absolute Gasteiger partial charge is 0.464 e. The van der Waals surface area contributed by atoms with Crippen molar-refractivity contribution in [2.45, 2.75) is 58.0 Å². The Balaban J connectivity index is 1.98. The Kier molecular flexibility index (Phi) is 5.65. The molecule has 1 aromatic rings. The second kappa shape index (κ2) is 7.48. The Bertz CT molecular complexity index is 440. The van der Waals surface area contributed by atoms with Crippen LogP contribution in [0.4, 0.5) is 0 Å². The third kappa shape index (κ3) is 3.85. The predicted molar refractivity (Wildman–Crippen MR) is 79.7 cm³/mol. The minimum Gasteiger partial charge on any atom is -0.464 e. The third-order valence-electron chi connectivity index (χ3n) is 3.98. The van der Waals surface area contributed by atoms with Crippen LogP contribution in [0.1, 0.15) is 56.2 Å². The van der Waals surface area contributed by atoms with E-state index in [1.807, 2.05) is 11.6 Å². The molecule has 0 fully saturated rings. The Morgan fingerprint density at radius 1 is 1.45 bits per heavy atom. The first-order chi connectivity index (χ1) is 9.74. The van der Waals surface area contributed by atoms with Gasteiger partial charge in [-0.05, 0) is 43.9 Å². The number of unbranched alkanes of at least 4 members (excludes halogenated alkanes) is 1. The maximum Gasteiger partial charge on any atom is 0.325 e. The van der Waals surface area contributed by atoms with Crippen LogP contribution in [0.5, 0.6) is 0 Å². The molecule has 0 aliphatic heterocycles. The van der Waals surface area contributed by atoms with E-state index in [0.29, 0.717) is 19.2 Å². The van der Waals surface area contributed by atoms with E-state index in [9.17, 15) is 4.79 Å². The van der Waals surface area contributed by atoms with Crippen LogP contribution < -0.4 is 5.32 Å². The Labute approximate surface area is 121 Å². The fourth-order valence-electron chi connectivity index (χ4n) is 2.83. The summed E-state index contributed by atoms with van der Waals surface area (Å²) in [5, 5.41) is 3.38. The Morgan fingerprint density at radius 2 is 2.30 bits per heavy atom. The highest BCUT2D eigenvalue weighted by Gasteiger charge is 2.19. The van der Waals surface area contributed by atoms with Gasteiger partial charge in [0.05, 0.1) is 6.61 Å². The lowest BCUT2D eigenvalue weighted by molar-refractivity contribution is -0.144. The van der Waals surface area contributed by atoms with Crippen molar-refractivity contribution in [1.82, 2.24) is 9.88 Å². The van der Waals surface area contributed by atoms with Crippen molar-refractivity contribution in [2.75, 3.05) is 13.7 Å². The lowest BCUT2D eigenvalue weighted by atomic mass is 10.1. The summed E-state index contributed by atoms with van der Waals surface area (Å²) in [5.74, 6) is -0.135. The molecule has 1 N–H and O–H groups in total. The van der Waals surface area contributed by atoms with Gasteiger partial charge in [-0.15, -0.1) is 0 Å². The van der Waals surface area contributed by atoms with Crippen molar-refractivity contribution < 1.29 is 9.53 Å². The van der Waals surface area contributed by atoms with Gasteiger partial charge in [-0.25, -0.2) is 0 Å². The van der Waals surface area contributed by atoms with Crippen molar-refractivity contribution in [3.8, 4) is 0 Å². The van der Waals surface area contributed by atoms with Gasteiger partial charge in [0.1, 0.15) is 6.54 Å². The predicted octanol–water partition coefficient (Wildman–Crippen LogP) is 2.82. The van der Waals surface area contributed by atoms with Crippen molar-refractivity contribution in [1.29, 1.82) is 0 Å². The number of rotatable bonds is 6. The zero-order valence-corrected chi connectivity index (χ0v) is 12.7. The molecule has 1 aromatic heterocycles. The van der Waals surface area contributed by atoms with Gasteiger partial charge in [0.25, 0.3) is 0 Å².